The first-order valence-corrected chi connectivity index (χ1v) is 9.10. The number of benzene rings is 2. The molecule has 3 rings (SSSR count). The molecule has 0 saturated heterocycles. The molecule has 0 aliphatic carbocycles. The molecule has 0 saturated carbocycles. The van der Waals surface area contributed by atoms with Gasteiger partial charge >= 0.3 is 11.6 Å². The molecule has 1 aromatic heterocycles. The van der Waals surface area contributed by atoms with Crippen molar-refractivity contribution in [3.63, 3.8) is 0 Å². The molecule has 0 aliphatic heterocycles. The van der Waals surface area contributed by atoms with E-state index in [2.05, 4.69) is 0 Å². The summed E-state index contributed by atoms with van der Waals surface area (Å²) in [5.74, 6) is -0.0377. The van der Waals surface area contributed by atoms with Crippen molar-refractivity contribution >= 4 is 28.5 Å². The molecule has 0 N–H and O–H groups in total. The van der Waals surface area contributed by atoms with Gasteiger partial charge in [-0.1, -0.05) is 0 Å². The van der Waals surface area contributed by atoms with Crippen LogP contribution in [0.25, 0.3) is 11.0 Å². The topological polar surface area (TPSA) is 95.3 Å². The molecule has 0 fully saturated rings. The Morgan fingerprint density at radius 3 is 2.37 bits per heavy atom. The van der Waals surface area contributed by atoms with Crippen LogP contribution in [0.3, 0.4) is 0 Å². The van der Waals surface area contributed by atoms with Gasteiger partial charge in [0.1, 0.15) is 23.6 Å². The molecule has 2 aromatic carbocycles. The van der Waals surface area contributed by atoms with E-state index in [0.717, 1.165) is 10.9 Å². The zero-order valence-electron chi connectivity index (χ0n) is 16.8. The Kier molecular flexibility index (Phi) is 6.36. The molecule has 0 bridgehead atoms. The Balaban J connectivity index is 1.78. The quantitative estimate of drug-likeness (QED) is 0.436. The molecule has 0 unspecified atom stereocenters. The zero-order valence-corrected chi connectivity index (χ0v) is 16.8. The number of anilines is 1. The maximum atomic E-state index is 12.8. The third-order valence-corrected chi connectivity index (χ3v) is 4.49. The number of carbonyl (C=O) groups excluding carboxylic acids is 2. The highest BCUT2D eigenvalue weighted by molar-refractivity contribution is 5.98. The van der Waals surface area contributed by atoms with Gasteiger partial charge < -0.3 is 18.6 Å². The fourth-order valence-electron chi connectivity index (χ4n) is 2.90. The summed E-state index contributed by atoms with van der Waals surface area (Å²) >= 11 is 0. The summed E-state index contributed by atoms with van der Waals surface area (Å²) in [7, 11) is 2.79. The highest BCUT2D eigenvalue weighted by Gasteiger charge is 2.20. The Labute approximate surface area is 172 Å². The molecular formula is C22H21NO7. The van der Waals surface area contributed by atoms with Crippen LogP contribution in [0.1, 0.15) is 5.56 Å². The maximum Gasteiger partial charge on any atom is 0.336 e. The number of nitrogens with zero attached hydrogens (tertiary/aromatic N) is 1. The van der Waals surface area contributed by atoms with Gasteiger partial charge in [-0.25, -0.2) is 4.79 Å². The van der Waals surface area contributed by atoms with Crippen molar-refractivity contribution < 1.29 is 28.2 Å². The minimum Gasteiger partial charge on any atom is -0.497 e. The highest BCUT2D eigenvalue weighted by atomic mass is 16.5. The smallest absolute Gasteiger partial charge is 0.336 e. The summed E-state index contributed by atoms with van der Waals surface area (Å²) in [5.41, 5.74) is 1.19. The molecule has 0 radical (unpaired) electrons. The predicted octanol–water partition coefficient (Wildman–Crippen LogP) is 2.70. The zero-order chi connectivity index (χ0) is 21.7. The number of ether oxygens (including phenoxy) is 3. The summed E-state index contributed by atoms with van der Waals surface area (Å²) in [6.45, 7) is 1.21. The largest absolute Gasteiger partial charge is 0.497 e. The molecule has 0 aliphatic rings. The molecule has 156 valence electrons. The number of esters is 1. The fourth-order valence-corrected chi connectivity index (χ4v) is 2.90. The number of fused-ring (bicyclic) bond motifs is 1. The lowest BCUT2D eigenvalue weighted by molar-refractivity contribution is -0.140. The van der Waals surface area contributed by atoms with Gasteiger partial charge in [-0.05, 0) is 48.9 Å². The van der Waals surface area contributed by atoms with Crippen LogP contribution in [0, 0.1) is 6.92 Å². The van der Waals surface area contributed by atoms with Gasteiger partial charge in [0.2, 0.25) is 0 Å². The molecule has 0 atom stereocenters. The van der Waals surface area contributed by atoms with E-state index >= 15 is 0 Å². The van der Waals surface area contributed by atoms with Crippen molar-refractivity contribution in [1.82, 2.24) is 0 Å². The number of methoxy groups -OCH3 is 2. The van der Waals surface area contributed by atoms with Crippen molar-refractivity contribution in [2.45, 2.75) is 6.92 Å². The molecule has 1 heterocycles. The highest BCUT2D eigenvalue weighted by Crippen LogP contribution is 2.23. The van der Waals surface area contributed by atoms with Crippen LogP contribution in [0.4, 0.5) is 5.69 Å². The van der Waals surface area contributed by atoms with E-state index in [0.29, 0.717) is 22.8 Å². The molecule has 3 aromatic rings. The van der Waals surface area contributed by atoms with E-state index in [1.807, 2.05) is 6.92 Å². The van der Waals surface area contributed by atoms with E-state index in [1.54, 1.807) is 42.5 Å². The lowest BCUT2D eigenvalue weighted by Crippen LogP contribution is -2.39. The van der Waals surface area contributed by atoms with Gasteiger partial charge in [0.15, 0.2) is 6.61 Å². The first kappa shape index (κ1) is 20.9. The Hall–Kier alpha value is -3.81. The Bertz CT molecular complexity index is 1120. The van der Waals surface area contributed by atoms with Crippen LogP contribution in [0.15, 0.2) is 57.7 Å². The molecular weight excluding hydrogens is 390 g/mol. The minimum atomic E-state index is -0.567. The average Bonchev–Trinajstić information content (AvgIpc) is 2.75. The van der Waals surface area contributed by atoms with E-state index < -0.39 is 17.5 Å². The third kappa shape index (κ3) is 4.78. The van der Waals surface area contributed by atoms with Crippen molar-refractivity contribution in [2.75, 3.05) is 32.3 Å². The number of aryl methyl sites for hydroxylation is 1. The summed E-state index contributed by atoms with van der Waals surface area (Å²) < 4.78 is 20.6. The van der Waals surface area contributed by atoms with Crippen molar-refractivity contribution in [1.29, 1.82) is 0 Å². The minimum absolute atomic E-state index is 0.267. The summed E-state index contributed by atoms with van der Waals surface area (Å²) in [6, 6.07) is 13.1. The number of hydrogen-bond acceptors (Lipinski definition) is 7. The van der Waals surface area contributed by atoms with Crippen LogP contribution >= 0.6 is 0 Å². The van der Waals surface area contributed by atoms with Gasteiger partial charge in [-0.3, -0.25) is 14.5 Å². The summed E-state index contributed by atoms with van der Waals surface area (Å²) in [6.07, 6.45) is 0. The van der Waals surface area contributed by atoms with Crippen molar-refractivity contribution in [3.05, 3.63) is 64.5 Å². The maximum absolute atomic E-state index is 12.8. The van der Waals surface area contributed by atoms with Crippen LogP contribution in [-0.2, 0) is 14.3 Å². The lowest BCUT2D eigenvalue weighted by atomic mass is 10.1. The number of hydrogen-bond donors (Lipinski definition) is 0. The predicted molar refractivity (Wildman–Crippen MR) is 110 cm³/mol. The average molecular weight is 411 g/mol. The second-order valence-electron chi connectivity index (χ2n) is 6.45. The normalized spacial score (nSPS) is 10.5. The van der Waals surface area contributed by atoms with Crippen LogP contribution in [-0.4, -0.2) is 39.2 Å². The van der Waals surface area contributed by atoms with Crippen LogP contribution in [0.2, 0.25) is 0 Å². The standard InChI is InChI=1S/C22H21NO7/c1-14-10-21(25)30-19-11-17(8-9-18(14)19)29-13-20(24)23(12-22(26)28-3)15-4-6-16(27-2)7-5-15/h4-11H,12-13H2,1-3H3. The van der Waals surface area contributed by atoms with E-state index in [1.165, 1.54) is 25.2 Å². The third-order valence-electron chi connectivity index (χ3n) is 4.49. The van der Waals surface area contributed by atoms with E-state index in [9.17, 15) is 14.4 Å². The summed E-state index contributed by atoms with van der Waals surface area (Å²) in [4.78, 5) is 37.4. The number of amides is 1. The second kappa shape index (κ2) is 9.13. The molecule has 8 nitrogen and oxygen atoms in total. The number of rotatable bonds is 7. The first-order valence-electron chi connectivity index (χ1n) is 9.10. The molecule has 1 amide bonds. The fraction of sp³-hybridized carbons (Fsp3) is 0.227. The van der Waals surface area contributed by atoms with Crippen LogP contribution < -0.4 is 20.0 Å². The van der Waals surface area contributed by atoms with Gasteiger partial charge in [0, 0.05) is 23.2 Å². The molecule has 8 heteroatoms. The second-order valence-corrected chi connectivity index (χ2v) is 6.45. The monoisotopic (exact) mass is 411 g/mol. The molecule has 0 spiro atoms. The SMILES string of the molecule is COC(=O)CN(C(=O)COc1ccc2c(C)cc(=O)oc2c1)c1ccc(OC)cc1. The van der Waals surface area contributed by atoms with Gasteiger partial charge in [-0.15, -0.1) is 0 Å². The number of carbonyl (C=O) groups is 2. The first-order chi connectivity index (χ1) is 14.4. The molecule has 30 heavy (non-hydrogen) atoms. The lowest BCUT2D eigenvalue weighted by Gasteiger charge is -2.22. The van der Waals surface area contributed by atoms with E-state index in [-0.39, 0.29) is 13.2 Å². The van der Waals surface area contributed by atoms with Crippen LogP contribution in [0.5, 0.6) is 11.5 Å². The van der Waals surface area contributed by atoms with Crippen molar-refractivity contribution in [2.24, 2.45) is 0 Å². The Morgan fingerprint density at radius 1 is 1.00 bits per heavy atom. The van der Waals surface area contributed by atoms with Gasteiger partial charge in [0.25, 0.3) is 5.91 Å². The van der Waals surface area contributed by atoms with Crippen molar-refractivity contribution in [3.8, 4) is 11.5 Å². The summed E-state index contributed by atoms with van der Waals surface area (Å²) in [5, 5.41) is 0.777. The van der Waals surface area contributed by atoms with Gasteiger partial charge in [-0.2, -0.15) is 0 Å². The van der Waals surface area contributed by atoms with Gasteiger partial charge in [0.05, 0.1) is 14.2 Å². The Morgan fingerprint density at radius 2 is 1.70 bits per heavy atom. The van der Waals surface area contributed by atoms with E-state index in [4.69, 9.17) is 18.6 Å².